The molecule has 2 rings (SSSR count). The van der Waals surface area contributed by atoms with E-state index in [1.54, 1.807) is 18.2 Å². The molecule has 0 bridgehead atoms. The molecule has 0 saturated heterocycles. The van der Waals surface area contributed by atoms with Crippen LogP contribution in [0.15, 0.2) is 42.6 Å². The normalized spacial score (nSPS) is 13.3. The molecule has 0 aliphatic heterocycles. The first-order valence-corrected chi connectivity index (χ1v) is 5.43. The predicted molar refractivity (Wildman–Crippen MR) is 61.7 cm³/mol. The standard InChI is InChI=1S/C13H10F4N2/c14-10-5-4-8(7-9(10)13(15,16)17)12(18)11-3-1-2-6-19-11/h1-7,12H,18H2. The van der Waals surface area contributed by atoms with Crippen molar-refractivity contribution in [2.75, 3.05) is 0 Å². The van der Waals surface area contributed by atoms with Crippen molar-refractivity contribution in [3.05, 3.63) is 65.2 Å². The minimum Gasteiger partial charge on any atom is -0.319 e. The molecule has 1 atom stereocenters. The van der Waals surface area contributed by atoms with E-state index in [0.29, 0.717) is 11.8 Å². The van der Waals surface area contributed by atoms with Crippen LogP contribution in [0.4, 0.5) is 17.6 Å². The van der Waals surface area contributed by atoms with Gasteiger partial charge in [-0.2, -0.15) is 13.2 Å². The molecule has 0 aliphatic carbocycles. The number of rotatable bonds is 2. The number of halogens is 4. The monoisotopic (exact) mass is 270 g/mol. The third kappa shape index (κ3) is 2.90. The Kier molecular flexibility index (Phi) is 3.53. The van der Waals surface area contributed by atoms with Crippen molar-refractivity contribution in [3.8, 4) is 0 Å². The van der Waals surface area contributed by atoms with Gasteiger partial charge in [-0.1, -0.05) is 12.1 Å². The van der Waals surface area contributed by atoms with Gasteiger partial charge in [0.2, 0.25) is 0 Å². The summed E-state index contributed by atoms with van der Waals surface area (Å²) in [5.74, 6) is -1.32. The highest BCUT2D eigenvalue weighted by Gasteiger charge is 2.34. The van der Waals surface area contributed by atoms with Crippen LogP contribution < -0.4 is 5.73 Å². The fourth-order valence-electron chi connectivity index (χ4n) is 1.68. The Hall–Kier alpha value is -1.95. The van der Waals surface area contributed by atoms with Gasteiger partial charge in [0.1, 0.15) is 5.82 Å². The minimum absolute atomic E-state index is 0.160. The Morgan fingerprint density at radius 3 is 2.42 bits per heavy atom. The van der Waals surface area contributed by atoms with Crippen LogP contribution in [0.25, 0.3) is 0 Å². The zero-order chi connectivity index (χ0) is 14.0. The van der Waals surface area contributed by atoms with Crippen LogP contribution >= 0.6 is 0 Å². The lowest BCUT2D eigenvalue weighted by atomic mass is 10.0. The molecule has 0 saturated carbocycles. The fraction of sp³-hybridized carbons (Fsp3) is 0.154. The SMILES string of the molecule is NC(c1ccc(F)c(C(F)(F)F)c1)c1ccccn1. The third-order valence-corrected chi connectivity index (χ3v) is 2.66. The van der Waals surface area contributed by atoms with E-state index in [-0.39, 0.29) is 5.56 Å². The topological polar surface area (TPSA) is 38.9 Å². The summed E-state index contributed by atoms with van der Waals surface area (Å²) < 4.78 is 50.9. The van der Waals surface area contributed by atoms with E-state index in [9.17, 15) is 17.6 Å². The van der Waals surface area contributed by atoms with Gasteiger partial charge >= 0.3 is 6.18 Å². The molecule has 0 spiro atoms. The molecule has 2 N–H and O–H groups in total. The van der Waals surface area contributed by atoms with E-state index in [1.807, 2.05) is 0 Å². The van der Waals surface area contributed by atoms with E-state index in [0.717, 1.165) is 6.07 Å². The van der Waals surface area contributed by atoms with Gasteiger partial charge < -0.3 is 5.73 Å². The van der Waals surface area contributed by atoms with Gasteiger partial charge in [0.15, 0.2) is 0 Å². The van der Waals surface area contributed by atoms with Gasteiger partial charge in [-0.15, -0.1) is 0 Å². The van der Waals surface area contributed by atoms with Crippen LogP contribution in [0, 0.1) is 5.82 Å². The van der Waals surface area contributed by atoms with E-state index in [1.165, 1.54) is 12.3 Å². The molecule has 0 aliphatic rings. The second-order valence-corrected chi connectivity index (χ2v) is 3.97. The molecular formula is C13H10F4N2. The summed E-state index contributed by atoms with van der Waals surface area (Å²) in [6, 6.07) is 6.82. The van der Waals surface area contributed by atoms with Crippen molar-refractivity contribution < 1.29 is 17.6 Å². The van der Waals surface area contributed by atoms with Crippen LogP contribution in [0.2, 0.25) is 0 Å². The maximum absolute atomic E-state index is 13.2. The van der Waals surface area contributed by atoms with Gasteiger partial charge in [0, 0.05) is 6.20 Å². The highest BCUT2D eigenvalue weighted by molar-refractivity contribution is 5.33. The number of alkyl halides is 3. The first kappa shape index (κ1) is 13.5. The second kappa shape index (κ2) is 4.97. The molecule has 100 valence electrons. The molecule has 0 radical (unpaired) electrons. The summed E-state index contributed by atoms with van der Waals surface area (Å²) in [6.07, 6.45) is -3.26. The van der Waals surface area contributed by atoms with Gasteiger partial charge in [-0.05, 0) is 29.8 Å². The lowest BCUT2D eigenvalue weighted by molar-refractivity contribution is -0.140. The molecule has 2 nitrogen and oxygen atoms in total. The molecule has 1 aromatic heterocycles. The largest absolute Gasteiger partial charge is 0.419 e. The van der Waals surface area contributed by atoms with Gasteiger partial charge in [0.25, 0.3) is 0 Å². The van der Waals surface area contributed by atoms with E-state index < -0.39 is 23.6 Å². The molecule has 6 heteroatoms. The molecular weight excluding hydrogens is 260 g/mol. The first-order valence-electron chi connectivity index (χ1n) is 5.43. The quantitative estimate of drug-likeness (QED) is 0.850. The van der Waals surface area contributed by atoms with Crippen molar-refractivity contribution in [2.45, 2.75) is 12.2 Å². The number of nitrogens with two attached hydrogens (primary N) is 1. The fourth-order valence-corrected chi connectivity index (χ4v) is 1.68. The maximum atomic E-state index is 13.2. The summed E-state index contributed by atoms with van der Waals surface area (Å²) in [5.41, 5.74) is 5.08. The Morgan fingerprint density at radius 1 is 1.11 bits per heavy atom. The van der Waals surface area contributed by atoms with E-state index in [4.69, 9.17) is 5.73 Å². The van der Waals surface area contributed by atoms with Crippen molar-refractivity contribution >= 4 is 0 Å². The van der Waals surface area contributed by atoms with Crippen molar-refractivity contribution in [1.29, 1.82) is 0 Å². The molecule has 1 heterocycles. The Bertz CT molecular complexity index is 567. The lowest BCUT2D eigenvalue weighted by Crippen LogP contribution is -2.16. The van der Waals surface area contributed by atoms with Crippen LogP contribution in [0.1, 0.15) is 22.9 Å². The van der Waals surface area contributed by atoms with Gasteiger partial charge in [-0.3, -0.25) is 4.98 Å². The highest BCUT2D eigenvalue weighted by Crippen LogP contribution is 2.33. The summed E-state index contributed by atoms with van der Waals surface area (Å²) in [4.78, 5) is 3.97. The molecule has 1 unspecified atom stereocenters. The third-order valence-electron chi connectivity index (χ3n) is 2.66. The number of hydrogen-bond acceptors (Lipinski definition) is 2. The van der Waals surface area contributed by atoms with Crippen LogP contribution in [0.3, 0.4) is 0 Å². The molecule has 0 amide bonds. The van der Waals surface area contributed by atoms with Crippen LogP contribution in [0.5, 0.6) is 0 Å². The Labute approximate surface area is 106 Å². The maximum Gasteiger partial charge on any atom is 0.419 e. The first-order chi connectivity index (χ1) is 8.89. The van der Waals surface area contributed by atoms with Crippen molar-refractivity contribution in [2.24, 2.45) is 5.73 Å². The smallest absolute Gasteiger partial charge is 0.319 e. The average molecular weight is 270 g/mol. The van der Waals surface area contributed by atoms with Crippen molar-refractivity contribution in [3.63, 3.8) is 0 Å². The second-order valence-electron chi connectivity index (χ2n) is 3.97. The lowest BCUT2D eigenvalue weighted by Gasteiger charge is -2.14. The van der Waals surface area contributed by atoms with Crippen molar-refractivity contribution in [1.82, 2.24) is 4.98 Å². The van der Waals surface area contributed by atoms with Gasteiger partial charge in [0.05, 0.1) is 17.3 Å². The Balaban J connectivity index is 2.42. The molecule has 0 fully saturated rings. The van der Waals surface area contributed by atoms with E-state index >= 15 is 0 Å². The number of pyridine rings is 1. The zero-order valence-corrected chi connectivity index (χ0v) is 9.66. The predicted octanol–water partition coefficient (Wildman–Crippen LogP) is 3.29. The van der Waals surface area contributed by atoms with Gasteiger partial charge in [-0.25, -0.2) is 4.39 Å². The summed E-state index contributed by atoms with van der Waals surface area (Å²) >= 11 is 0. The molecule has 2 aromatic rings. The molecule has 19 heavy (non-hydrogen) atoms. The summed E-state index contributed by atoms with van der Waals surface area (Å²) in [7, 11) is 0. The number of nitrogens with zero attached hydrogens (tertiary/aromatic N) is 1. The number of hydrogen-bond donors (Lipinski definition) is 1. The number of aromatic nitrogens is 1. The summed E-state index contributed by atoms with van der Waals surface area (Å²) in [6.45, 7) is 0. The number of benzene rings is 1. The Morgan fingerprint density at radius 2 is 1.84 bits per heavy atom. The van der Waals surface area contributed by atoms with Crippen LogP contribution in [-0.4, -0.2) is 4.98 Å². The zero-order valence-electron chi connectivity index (χ0n) is 9.66. The van der Waals surface area contributed by atoms with Crippen LogP contribution in [-0.2, 0) is 6.18 Å². The molecule has 1 aromatic carbocycles. The van der Waals surface area contributed by atoms with E-state index in [2.05, 4.69) is 4.98 Å². The summed E-state index contributed by atoms with van der Waals surface area (Å²) in [5, 5.41) is 0. The minimum atomic E-state index is -4.75. The average Bonchev–Trinajstić information content (AvgIpc) is 2.38. The highest BCUT2D eigenvalue weighted by atomic mass is 19.4.